The average molecular weight is 427 g/mol. The number of piperidine rings is 1. The van der Waals surface area contributed by atoms with Gasteiger partial charge in [-0.15, -0.1) is 0 Å². The molecule has 1 saturated heterocycles. The monoisotopic (exact) mass is 427 g/mol. The molecule has 4 nitrogen and oxygen atoms in total. The van der Waals surface area contributed by atoms with E-state index in [0.717, 1.165) is 24.0 Å². The fourth-order valence-electron chi connectivity index (χ4n) is 3.89. The normalized spacial score (nSPS) is 21.4. The van der Waals surface area contributed by atoms with Crippen molar-refractivity contribution < 1.29 is 25.8 Å². The van der Waals surface area contributed by atoms with Crippen LogP contribution in [0.15, 0.2) is 60.7 Å². The highest BCUT2D eigenvalue weighted by molar-refractivity contribution is 7.87. The maximum absolute atomic E-state index is 12.8. The quantitative estimate of drug-likeness (QED) is 0.487. The summed E-state index contributed by atoms with van der Waals surface area (Å²) in [6, 6.07) is 19.1. The molecular weight excluding hydrogens is 403 g/mol. The lowest BCUT2D eigenvalue weighted by molar-refractivity contribution is -0.0614. The predicted octanol–water partition coefficient (Wildman–Crippen LogP) is 4.89. The Morgan fingerprint density at radius 3 is 2.00 bits per heavy atom. The zero-order valence-electron chi connectivity index (χ0n) is 16.1. The van der Waals surface area contributed by atoms with Gasteiger partial charge in [0, 0.05) is 5.54 Å². The second-order valence-corrected chi connectivity index (χ2v) is 9.14. The minimum absolute atomic E-state index is 0.222. The van der Waals surface area contributed by atoms with Crippen LogP contribution in [0.2, 0.25) is 0 Å². The summed E-state index contributed by atoms with van der Waals surface area (Å²) in [5, 5.41) is 0. The molecule has 3 rings (SSSR count). The van der Waals surface area contributed by atoms with Gasteiger partial charge < -0.3 is 0 Å². The maximum Gasteiger partial charge on any atom is 0.523 e. The zero-order chi connectivity index (χ0) is 21.1. The van der Waals surface area contributed by atoms with Gasteiger partial charge >= 0.3 is 15.6 Å². The molecule has 0 amide bonds. The van der Waals surface area contributed by atoms with Crippen LogP contribution in [0, 0.1) is 0 Å². The molecule has 1 fully saturated rings. The molecule has 29 heavy (non-hydrogen) atoms. The number of halogens is 3. The third kappa shape index (κ3) is 4.82. The van der Waals surface area contributed by atoms with Crippen molar-refractivity contribution in [2.45, 2.75) is 43.3 Å². The van der Waals surface area contributed by atoms with Gasteiger partial charge in [0.15, 0.2) is 0 Å². The Hall–Kier alpha value is -1.90. The Bertz CT molecular complexity index is 864. The number of hydrogen-bond acceptors (Lipinski definition) is 4. The Morgan fingerprint density at radius 1 is 1.00 bits per heavy atom. The van der Waals surface area contributed by atoms with Crippen molar-refractivity contribution in [2.24, 2.45) is 0 Å². The smallest absolute Gasteiger partial charge is 0.285 e. The van der Waals surface area contributed by atoms with Crippen LogP contribution in [0.4, 0.5) is 13.2 Å². The second-order valence-electron chi connectivity index (χ2n) is 7.53. The van der Waals surface area contributed by atoms with Crippen LogP contribution in [0.5, 0.6) is 0 Å². The molecule has 1 atom stereocenters. The van der Waals surface area contributed by atoms with E-state index < -0.39 is 27.8 Å². The van der Waals surface area contributed by atoms with Crippen molar-refractivity contribution in [1.29, 1.82) is 0 Å². The van der Waals surface area contributed by atoms with E-state index in [9.17, 15) is 21.6 Å². The molecule has 1 aliphatic rings. The van der Waals surface area contributed by atoms with Gasteiger partial charge in [-0.2, -0.15) is 21.6 Å². The standard InChI is InChI=1S/C21H24F3NO3S/c1-20(16-28-29(26,27)21(22,23)24)14-8-9-15-25(20)19(17-10-4-2-5-11-17)18-12-6-3-7-13-18/h2-7,10-13,19H,8-9,14-16H2,1H3/t20-/m1/s1. The molecule has 2 aromatic carbocycles. The second kappa shape index (κ2) is 8.45. The van der Waals surface area contributed by atoms with Crippen molar-refractivity contribution in [3.63, 3.8) is 0 Å². The van der Waals surface area contributed by atoms with Gasteiger partial charge in [-0.1, -0.05) is 67.1 Å². The minimum atomic E-state index is -5.64. The molecular formula is C21H24F3NO3S. The van der Waals surface area contributed by atoms with Crippen LogP contribution in [-0.2, 0) is 14.3 Å². The zero-order valence-corrected chi connectivity index (χ0v) is 16.9. The molecule has 0 aliphatic carbocycles. The summed E-state index contributed by atoms with van der Waals surface area (Å²) in [5.74, 6) is 0. The lowest BCUT2D eigenvalue weighted by atomic mass is 9.84. The van der Waals surface area contributed by atoms with Crippen LogP contribution < -0.4 is 0 Å². The van der Waals surface area contributed by atoms with E-state index in [1.165, 1.54) is 0 Å². The van der Waals surface area contributed by atoms with E-state index in [1.54, 1.807) is 6.92 Å². The molecule has 8 heteroatoms. The van der Waals surface area contributed by atoms with Gasteiger partial charge in [0.2, 0.25) is 0 Å². The molecule has 0 bridgehead atoms. The van der Waals surface area contributed by atoms with Gasteiger partial charge in [0.25, 0.3) is 0 Å². The Morgan fingerprint density at radius 2 is 1.52 bits per heavy atom. The highest BCUT2D eigenvalue weighted by Gasteiger charge is 2.49. The lowest BCUT2D eigenvalue weighted by Crippen LogP contribution is -2.55. The Kier molecular flexibility index (Phi) is 6.36. The van der Waals surface area contributed by atoms with Gasteiger partial charge in [0.05, 0.1) is 12.6 Å². The minimum Gasteiger partial charge on any atom is -0.285 e. The number of hydrogen-bond donors (Lipinski definition) is 0. The maximum atomic E-state index is 12.8. The van der Waals surface area contributed by atoms with Gasteiger partial charge in [0.1, 0.15) is 0 Å². The Labute approximate surface area is 169 Å². The summed E-state index contributed by atoms with van der Waals surface area (Å²) >= 11 is 0. The first-order valence-electron chi connectivity index (χ1n) is 9.46. The van der Waals surface area contributed by atoms with Gasteiger partial charge in [-0.25, -0.2) is 0 Å². The molecule has 158 valence electrons. The van der Waals surface area contributed by atoms with Crippen LogP contribution in [0.3, 0.4) is 0 Å². The fraction of sp³-hybridized carbons (Fsp3) is 0.429. The summed E-state index contributed by atoms with van der Waals surface area (Å²) in [6.07, 6.45) is 2.20. The summed E-state index contributed by atoms with van der Waals surface area (Å²) in [7, 11) is -5.64. The van der Waals surface area contributed by atoms with E-state index in [1.807, 2.05) is 60.7 Å². The first-order chi connectivity index (χ1) is 13.6. The van der Waals surface area contributed by atoms with Crippen LogP contribution in [-0.4, -0.2) is 37.5 Å². The highest BCUT2D eigenvalue weighted by Crippen LogP contribution is 2.40. The molecule has 2 aromatic rings. The van der Waals surface area contributed by atoms with Crippen LogP contribution in [0.1, 0.15) is 43.4 Å². The third-order valence-electron chi connectivity index (χ3n) is 5.41. The van der Waals surface area contributed by atoms with E-state index >= 15 is 0 Å². The van der Waals surface area contributed by atoms with Crippen molar-refractivity contribution in [2.75, 3.05) is 13.2 Å². The van der Waals surface area contributed by atoms with Gasteiger partial charge in [-0.05, 0) is 37.4 Å². The molecule has 0 aromatic heterocycles. The third-order valence-corrected chi connectivity index (χ3v) is 6.40. The molecule has 0 N–H and O–H groups in total. The van der Waals surface area contributed by atoms with Crippen molar-refractivity contribution >= 4 is 10.1 Å². The number of rotatable bonds is 6. The first kappa shape index (κ1) is 21.8. The topological polar surface area (TPSA) is 46.6 Å². The summed E-state index contributed by atoms with van der Waals surface area (Å²) in [5.41, 5.74) is -4.32. The number of benzene rings is 2. The SMILES string of the molecule is C[C@]1(COS(=O)(=O)C(F)(F)F)CCCCN1C(c1ccccc1)c1ccccc1. The lowest BCUT2D eigenvalue weighted by Gasteiger charge is -2.49. The largest absolute Gasteiger partial charge is 0.523 e. The van der Waals surface area contributed by atoms with E-state index in [4.69, 9.17) is 0 Å². The fourth-order valence-corrected chi connectivity index (χ4v) is 4.43. The summed E-state index contributed by atoms with van der Waals surface area (Å²) in [6.45, 7) is 1.85. The highest BCUT2D eigenvalue weighted by atomic mass is 32.2. The van der Waals surface area contributed by atoms with Crippen molar-refractivity contribution in [3.05, 3.63) is 71.8 Å². The average Bonchev–Trinajstić information content (AvgIpc) is 2.69. The number of likely N-dealkylation sites (tertiary alicyclic amines) is 1. The summed E-state index contributed by atoms with van der Waals surface area (Å²) in [4.78, 5) is 2.08. The van der Waals surface area contributed by atoms with E-state index in [2.05, 4.69) is 9.08 Å². The van der Waals surface area contributed by atoms with Gasteiger partial charge in [-0.3, -0.25) is 9.08 Å². The Balaban J connectivity index is 1.97. The molecule has 0 radical (unpaired) electrons. The first-order valence-corrected chi connectivity index (χ1v) is 10.9. The molecule has 1 heterocycles. The van der Waals surface area contributed by atoms with Crippen LogP contribution in [0.25, 0.3) is 0 Å². The van der Waals surface area contributed by atoms with E-state index in [-0.39, 0.29) is 6.04 Å². The molecule has 0 unspecified atom stereocenters. The van der Waals surface area contributed by atoms with Crippen LogP contribution >= 0.6 is 0 Å². The van der Waals surface area contributed by atoms with Crippen molar-refractivity contribution in [3.8, 4) is 0 Å². The molecule has 1 aliphatic heterocycles. The van der Waals surface area contributed by atoms with E-state index in [0.29, 0.717) is 13.0 Å². The number of nitrogens with zero attached hydrogens (tertiary/aromatic N) is 1. The molecule has 0 saturated carbocycles. The number of alkyl halides is 3. The predicted molar refractivity (Wildman–Crippen MR) is 105 cm³/mol. The summed E-state index contributed by atoms with van der Waals surface area (Å²) < 4.78 is 65.8. The molecule has 0 spiro atoms. The van der Waals surface area contributed by atoms with Crippen molar-refractivity contribution in [1.82, 2.24) is 4.90 Å².